The van der Waals surface area contributed by atoms with Crippen molar-refractivity contribution in [2.45, 2.75) is 39.5 Å². The fourth-order valence-corrected chi connectivity index (χ4v) is 0.751. The first-order valence-electron chi connectivity index (χ1n) is 4.21. The van der Waals surface area contributed by atoms with Crippen LogP contribution in [0.2, 0.25) is 0 Å². The van der Waals surface area contributed by atoms with E-state index in [4.69, 9.17) is 4.74 Å². The molecule has 0 bridgehead atoms. The van der Waals surface area contributed by atoms with E-state index in [1.165, 1.54) is 6.42 Å². The van der Waals surface area contributed by atoms with Crippen LogP contribution in [0.1, 0.15) is 39.5 Å². The second kappa shape index (κ2) is 7.36. The largest absolute Gasteiger partial charge is 0.487 e. The lowest BCUT2D eigenvalue weighted by atomic mass is 10.3. The third kappa shape index (κ3) is 5.68. The van der Waals surface area contributed by atoms with Crippen LogP contribution in [0.5, 0.6) is 0 Å². The Hall–Kier alpha value is -0.750. The van der Waals surface area contributed by atoms with Crippen LogP contribution in [-0.4, -0.2) is 12.5 Å². The molecule has 0 unspecified atom stereocenters. The van der Waals surface area contributed by atoms with Gasteiger partial charge in [0.1, 0.15) is 0 Å². The van der Waals surface area contributed by atoms with E-state index < -0.39 is 0 Å². The van der Waals surface area contributed by atoms with Crippen LogP contribution < -0.4 is 0 Å². The highest BCUT2D eigenvalue weighted by atomic mass is 16.5. The molecule has 0 aliphatic carbocycles. The van der Waals surface area contributed by atoms with Crippen LogP contribution in [-0.2, 0) is 9.53 Å². The van der Waals surface area contributed by atoms with Gasteiger partial charge in [-0.2, -0.15) is 0 Å². The molecule has 0 saturated carbocycles. The number of hydrogen-bond donors (Lipinski definition) is 0. The van der Waals surface area contributed by atoms with Crippen LogP contribution in [0.4, 0.5) is 0 Å². The van der Waals surface area contributed by atoms with Gasteiger partial charge in [0.15, 0.2) is 11.7 Å². The molecule has 2 heteroatoms. The molecule has 0 spiro atoms. The lowest BCUT2D eigenvalue weighted by Gasteiger charge is -2.03. The lowest BCUT2D eigenvalue weighted by Crippen LogP contribution is -1.94. The van der Waals surface area contributed by atoms with E-state index >= 15 is 0 Å². The first kappa shape index (κ1) is 10.2. The molecule has 0 aromatic carbocycles. The Labute approximate surface area is 68.2 Å². The molecule has 0 amide bonds. The van der Waals surface area contributed by atoms with Gasteiger partial charge in [0.05, 0.1) is 6.61 Å². The fraction of sp³-hybridized carbons (Fsp3) is 0.778. The second-order valence-electron chi connectivity index (χ2n) is 2.43. The quantitative estimate of drug-likeness (QED) is 0.335. The molecule has 64 valence electrons. The highest BCUT2D eigenvalue weighted by molar-refractivity contribution is 5.49. The molecule has 2 nitrogen and oxygen atoms in total. The van der Waals surface area contributed by atoms with E-state index in [9.17, 15) is 4.79 Å². The van der Waals surface area contributed by atoms with E-state index in [-0.39, 0.29) is 0 Å². The summed E-state index contributed by atoms with van der Waals surface area (Å²) < 4.78 is 5.14. The Morgan fingerprint density at radius 1 is 1.36 bits per heavy atom. The zero-order valence-corrected chi connectivity index (χ0v) is 7.35. The van der Waals surface area contributed by atoms with Crippen LogP contribution in [0.3, 0.4) is 0 Å². The van der Waals surface area contributed by atoms with Gasteiger partial charge in [0.25, 0.3) is 0 Å². The van der Waals surface area contributed by atoms with Crippen molar-refractivity contribution in [3.8, 4) is 0 Å². The standard InChI is InChI=1S/C9H16O2/c1-3-5-6-7-11-9(4-2)8-10/h3-7H2,1-2H3. The normalized spacial score (nSPS) is 8.91. The Bertz CT molecular complexity index is 134. The summed E-state index contributed by atoms with van der Waals surface area (Å²) in [4.78, 5) is 10.1. The van der Waals surface area contributed by atoms with Gasteiger partial charge in [0.2, 0.25) is 0 Å². The zero-order valence-electron chi connectivity index (χ0n) is 7.35. The Balaban J connectivity index is 3.30. The molecule has 11 heavy (non-hydrogen) atoms. The molecule has 0 heterocycles. The van der Waals surface area contributed by atoms with E-state index in [1.54, 1.807) is 5.94 Å². The maximum atomic E-state index is 10.1. The molecular formula is C9H16O2. The zero-order chi connectivity index (χ0) is 8.53. The number of rotatable bonds is 6. The minimum absolute atomic E-state index is 0.445. The van der Waals surface area contributed by atoms with Gasteiger partial charge < -0.3 is 4.74 Å². The highest BCUT2D eigenvalue weighted by Crippen LogP contribution is 2.01. The predicted octanol–water partition coefficient (Wildman–Crippen LogP) is 2.32. The summed E-state index contributed by atoms with van der Waals surface area (Å²) in [6.45, 7) is 4.68. The van der Waals surface area contributed by atoms with Crippen LogP contribution >= 0.6 is 0 Å². The van der Waals surface area contributed by atoms with E-state index in [0.29, 0.717) is 18.8 Å². The number of ether oxygens (including phenoxy) is 1. The van der Waals surface area contributed by atoms with Gasteiger partial charge in [0, 0.05) is 6.42 Å². The third-order valence-corrected chi connectivity index (χ3v) is 1.46. The Morgan fingerprint density at radius 3 is 2.55 bits per heavy atom. The molecule has 0 radical (unpaired) electrons. The molecule has 0 aliphatic rings. The van der Waals surface area contributed by atoms with E-state index in [0.717, 1.165) is 12.8 Å². The van der Waals surface area contributed by atoms with Crippen molar-refractivity contribution in [3.05, 3.63) is 5.76 Å². The SMILES string of the molecule is CCCCCOC(=C=O)CC. The number of carbonyl (C=O) groups excluding carboxylic acids is 1. The van der Waals surface area contributed by atoms with Gasteiger partial charge in [-0.3, -0.25) is 0 Å². The smallest absolute Gasteiger partial charge is 0.179 e. The Kier molecular flexibility index (Phi) is 6.86. The van der Waals surface area contributed by atoms with E-state index in [1.807, 2.05) is 6.92 Å². The lowest BCUT2D eigenvalue weighted by molar-refractivity contribution is 0.201. The monoisotopic (exact) mass is 156 g/mol. The summed E-state index contributed by atoms with van der Waals surface area (Å²) in [6.07, 6.45) is 4.02. The first-order chi connectivity index (χ1) is 5.35. The predicted molar refractivity (Wildman–Crippen MR) is 45.0 cm³/mol. The van der Waals surface area contributed by atoms with E-state index in [2.05, 4.69) is 6.92 Å². The van der Waals surface area contributed by atoms with Gasteiger partial charge in [-0.15, -0.1) is 0 Å². The summed E-state index contributed by atoms with van der Waals surface area (Å²) in [5.41, 5.74) is 0. The molecule has 0 aromatic heterocycles. The molecule has 0 fully saturated rings. The second-order valence-corrected chi connectivity index (χ2v) is 2.43. The highest BCUT2D eigenvalue weighted by Gasteiger charge is 1.93. The van der Waals surface area contributed by atoms with Crippen molar-refractivity contribution in [3.63, 3.8) is 0 Å². The van der Waals surface area contributed by atoms with Crippen molar-refractivity contribution in [2.75, 3.05) is 6.61 Å². The molecule has 0 aliphatic heterocycles. The van der Waals surface area contributed by atoms with Crippen molar-refractivity contribution < 1.29 is 9.53 Å². The van der Waals surface area contributed by atoms with Gasteiger partial charge in [-0.1, -0.05) is 26.7 Å². The molecule has 0 atom stereocenters. The summed E-state index contributed by atoms with van der Waals surface area (Å²) >= 11 is 0. The van der Waals surface area contributed by atoms with Crippen molar-refractivity contribution in [1.29, 1.82) is 0 Å². The van der Waals surface area contributed by atoms with Crippen LogP contribution in [0.25, 0.3) is 0 Å². The maximum Gasteiger partial charge on any atom is 0.179 e. The topological polar surface area (TPSA) is 26.3 Å². The third-order valence-electron chi connectivity index (χ3n) is 1.46. The van der Waals surface area contributed by atoms with Crippen molar-refractivity contribution in [2.24, 2.45) is 0 Å². The molecule has 0 aromatic rings. The molecule has 0 saturated heterocycles. The van der Waals surface area contributed by atoms with Gasteiger partial charge in [-0.05, 0) is 6.42 Å². The minimum atomic E-state index is 0.445. The van der Waals surface area contributed by atoms with Gasteiger partial charge >= 0.3 is 0 Å². The number of unbranched alkanes of at least 4 members (excludes halogenated alkanes) is 2. The average molecular weight is 156 g/mol. The summed E-state index contributed by atoms with van der Waals surface area (Å²) in [5.74, 6) is 2.22. The summed E-state index contributed by atoms with van der Waals surface area (Å²) in [6, 6.07) is 0. The van der Waals surface area contributed by atoms with Gasteiger partial charge in [-0.25, -0.2) is 4.79 Å². The fourth-order valence-electron chi connectivity index (χ4n) is 0.751. The first-order valence-corrected chi connectivity index (χ1v) is 4.21. The summed E-state index contributed by atoms with van der Waals surface area (Å²) in [5, 5.41) is 0. The number of allylic oxidation sites excluding steroid dienone is 1. The minimum Gasteiger partial charge on any atom is -0.487 e. The van der Waals surface area contributed by atoms with Crippen molar-refractivity contribution >= 4 is 5.94 Å². The Morgan fingerprint density at radius 2 is 2.09 bits per heavy atom. The average Bonchev–Trinajstić information content (AvgIpc) is 2.05. The molecular weight excluding hydrogens is 140 g/mol. The molecule has 0 rings (SSSR count). The maximum absolute atomic E-state index is 10.1. The molecule has 0 N–H and O–H groups in total. The van der Waals surface area contributed by atoms with Crippen molar-refractivity contribution in [1.82, 2.24) is 0 Å². The summed E-state index contributed by atoms with van der Waals surface area (Å²) in [7, 11) is 0. The number of hydrogen-bond acceptors (Lipinski definition) is 2. The van der Waals surface area contributed by atoms with Crippen LogP contribution in [0.15, 0.2) is 5.76 Å². The van der Waals surface area contributed by atoms with Crippen LogP contribution in [0, 0.1) is 0 Å².